The monoisotopic (exact) mass is 239 g/mol. The van der Waals surface area contributed by atoms with Gasteiger partial charge in [0, 0.05) is 11.5 Å². The van der Waals surface area contributed by atoms with Gasteiger partial charge in [0.15, 0.2) is 6.29 Å². The highest BCUT2D eigenvalue weighted by molar-refractivity contribution is 6.33. The van der Waals surface area contributed by atoms with Crippen molar-refractivity contribution < 1.29 is 14.3 Å². The number of fused-ring (bicyclic) bond motifs is 1. The van der Waals surface area contributed by atoms with Crippen molar-refractivity contribution in [1.82, 2.24) is 4.98 Å². The lowest BCUT2D eigenvalue weighted by Crippen LogP contribution is -1.89. The highest BCUT2D eigenvalue weighted by atomic mass is 35.5. The minimum atomic E-state index is 0.447. The molecule has 4 nitrogen and oxygen atoms in total. The maximum Gasteiger partial charge on any atom is 0.166 e. The number of ether oxygens (including phenoxy) is 2. The van der Waals surface area contributed by atoms with Gasteiger partial charge in [0.1, 0.15) is 11.5 Å². The van der Waals surface area contributed by atoms with Gasteiger partial charge in [-0.2, -0.15) is 0 Å². The van der Waals surface area contributed by atoms with Gasteiger partial charge < -0.3 is 14.5 Å². The molecule has 0 atom stereocenters. The molecule has 0 amide bonds. The van der Waals surface area contributed by atoms with Crippen molar-refractivity contribution in [3.63, 3.8) is 0 Å². The number of carbonyl (C=O) groups excluding carboxylic acids is 1. The van der Waals surface area contributed by atoms with Crippen molar-refractivity contribution in [1.29, 1.82) is 0 Å². The number of H-pyrrole nitrogens is 1. The van der Waals surface area contributed by atoms with Gasteiger partial charge in [-0.1, -0.05) is 11.6 Å². The summed E-state index contributed by atoms with van der Waals surface area (Å²) in [5.74, 6) is 1.11. The van der Waals surface area contributed by atoms with Crippen LogP contribution in [0.3, 0.4) is 0 Å². The average Bonchev–Trinajstić information content (AvgIpc) is 2.71. The quantitative estimate of drug-likeness (QED) is 0.838. The van der Waals surface area contributed by atoms with Gasteiger partial charge in [-0.25, -0.2) is 0 Å². The summed E-state index contributed by atoms with van der Waals surface area (Å²) in [5, 5.41) is 1.18. The molecule has 84 valence electrons. The van der Waals surface area contributed by atoms with Crippen LogP contribution in [0.15, 0.2) is 12.1 Å². The minimum absolute atomic E-state index is 0.447. The Hall–Kier alpha value is -1.68. The molecule has 0 radical (unpaired) electrons. The first-order chi connectivity index (χ1) is 7.71. The molecule has 1 aromatic carbocycles. The van der Waals surface area contributed by atoms with Crippen LogP contribution in [-0.4, -0.2) is 25.5 Å². The van der Waals surface area contributed by atoms with Gasteiger partial charge in [-0.05, 0) is 6.07 Å². The molecule has 0 saturated carbocycles. The van der Waals surface area contributed by atoms with Crippen LogP contribution in [0.4, 0.5) is 0 Å². The van der Waals surface area contributed by atoms with Gasteiger partial charge in [0.2, 0.25) is 0 Å². The van der Waals surface area contributed by atoms with Gasteiger partial charge in [0.25, 0.3) is 0 Å². The van der Waals surface area contributed by atoms with Gasteiger partial charge >= 0.3 is 0 Å². The Morgan fingerprint density at radius 1 is 1.31 bits per heavy atom. The van der Waals surface area contributed by atoms with Crippen LogP contribution in [0.25, 0.3) is 10.9 Å². The second-order valence-corrected chi connectivity index (χ2v) is 3.63. The molecule has 1 heterocycles. The van der Waals surface area contributed by atoms with E-state index in [1.165, 1.54) is 7.11 Å². The van der Waals surface area contributed by atoms with E-state index in [9.17, 15) is 4.79 Å². The zero-order valence-electron chi connectivity index (χ0n) is 8.83. The third kappa shape index (κ3) is 1.51. The van der Waals surface area contributed by atoms with Crippen LogP contribution in [0, 0.1) is 0 Å². The van der Waals surface area contributed by atoms with E-state index in [4.69, 9.17) is 21.1 Å². The van der Waals surface area contributed by atoms with E-state index in [1.807, 2.05) is 0 Å². The number of methoxy groups -OCH3 is 2. The maximum atomic E-state index is 10.7. The normalized spacial score (nSPS) is 10.4. The van der Waals surface area contributed by atoms with Crippen molar-refractivity contribution in [2.75, 3.05) is 14.2 Å². The smallest absolute Gasteiger partial charge is 0.166 e. The van der Waals surface area contributed by atoms with Crippen LogP contribution in [0.2, 0.25) is 5.02 Å². The van der Waals surface area contributed by atoms with Crippen molar-refractivity contribution >= 4 is 28.8 Å². The Morgan fingerprint density at radius 3 is 2.62 bits per heavy atom. The van der Waals surface area contributed by atoms with Crippen molar-refractivity contribution in [2.45, 2.75) is 0 Å². The fourth-order valence-corrected chi connectivity index (χ4v) is 1.94. The number of halogens is 1. The second kappa shape index (κ2) is 4.06. The molecular formula is C11H10ClNO3. The maximum absolute atomic E-state index is 10.7. The molecule has 0 aliphatic rings. The number of rotatable bonds is 3. The lowest BCUT2D eigenvalue weighted by molar-refractivity contribution is 0.112. The summed E-state index contributed by atoms with van der Waals surface area (Å²) in [4.78, 5) is 13.6. The van der Waals surface area contributed by atoms with Crippen LogP contribution in [0.1, 0.15) is 10.5 Å². The SMILES string of the molecule is COc1c(Cl)cc(OC)c2[nH]c(C=O)cc12. The topological polar surface area (TPSA) is 51.3 Å². The Labute approximate surface area is 97.1 Å². The fraction of sp³-hybridized carbons (Fsp3) is 0.182. The molecule has 0 saturated heterocycles. The molecule has 0 aliphatic carbocycles. The molecule has 1 aromatic heterocycles. The van der Waals surface area contributed by atoms with Crippen LogP contribution >= 0.6 is 11.6 Å². The highest BCUT2D eigenvalue weighted by Crippen LogP contribution is 2.39. The summed E-state index contributed by atoms with van der Waals surface area (Å²) in [7, 11) is 3.07. The number of nitrogens with one attached hydrogen (secondary N) is 1. The van der Waals surface area contributed by atoms with Crippen LogP contribution in [-0.2, 0) is 0 Å². The Kier molecular flexibility index (Phi) is 2.75. The number of carbonyl (C=O) groups is 1. The zero-order valence-corrected chi connectivity index (χ0v) is 9.59. The van der Waals surface area contributed by atoms with E-state index >= 15 is 0 Å². The van der Waals surface area contributed by atoms with Crippen molar-refractivity contribution in [2.24, 2.45) is 0 Å². The summed E-state index contributed by atoms with van der Waals surface area (Å²) in [5.41, 5.74) is 1.15. The number of hydrogen-bond donors (Lipinski definition) is 1. The van der Waals surface area contributed by atoms with Gasteiger partial charge in [-0.15, -0.1) is 0 Å². The largest absolute Gasteiger partial charge is 0.494 e. The standard InChI is InChI=1S/C11H10ClNO3/c1-15-9-4-8(12)11(16-2)7-3-6(5-14)13-10(7)9/h3-5,13H,1-2H3. The predicted octanol–water partition coefficient (Wildman–Crippen LogP) is 2.65. The van der Waals surface area contributed by atoms with E-state index in [2.05, 4.69) is 4.98 Å². The summed E-state index contributed by atoms with van der Waals surface area (Å²) >= 11 is 6.03. The van der Waals surface area contributed by atoms with Crippen molar-refractivity contribution in [3.05, 3.63) is 22.8 Å². The Bertz CT molecular complexity index is 548. The average molecular weight is 240 g/mol. The molecule has 2 rings (SSSR count). The first-order valence-electron chi connectivity index (χ1n) is 4.59. The summed E-state index contributed by atoms with van der Waals surface area (Å²) < 4.78 is 10.4. The molecule has 16 heavy (non-hydrogen) atoms. The molecule has 0 fully saturated rings. The summed E-state index contributed by atoms with van der Waals surface area (Å²) in [6.45, 7) is 0. The first-order valence-corrected chi connectivity index (χ1v) is 4.97. The van der Waals surface area contributed by atoms with E-state index in [-0.39, 0.29) is 0 Å². The van der Waals surface area contributed by atoms with E-state index in [0.717, 1.165) is 11.7 Å². The first kappa shape index (κ1) is 10.8. The molecule has 5 heteroatoms. The number of aldehydes is 1. The number of benzene rings is 1. The fourth-order valence-electron chi connectivity index (χ4n) is 1.66. The molecule has 0 aliphatic heterocycles. The van der Waals surface area contributed by atoms with E-state index in [1.54, 1.807) is 19.2 Å². The molecule has 0 spiro atoms. The molecule has 0 unspecified atom stereocenters. The lowest BCUT2D eigenvalue weighted by atomic mass is 10.2. The second-order valence-electron chi connectivity index (χ2n) is 3.23. The number of hydrogen-bond acceptors (Lipinski definition) is 3. The Morgan fingerprint density at radius 2 is 2.06 bits per heavy atom. The van der Waals surface area contributed by atoms with Gasteiger partial charge in [0.05, 0.1) is 30.5 Å². The Balaban J connectivity index is 2.84. The van der Waals surface area contributed by atoms with Crippen molar-refractivity contribution in [3.8, 4) is 11.5 Å². The summed E-state index contributed by atoms with van der Waals surface area (Å²) in [6, 6.07) is 3.32. The zero-order chi connectivity index (χ0) is 11.7. The third-order valence-corrected chi connectivity index (χ3v) is 2.64. The highest BCUT2D eigenvalue weighted by Gasteiger charge is 2.14. The van der Waals surface area contributed by atoms with Crippen LogP contribution < -0.4 is 9.47 Å². The number of aromatic nitrogens is 1. The molecule has 1 N–H and O–H groups in total. The predicted molar refractivity (Wildman–Crippen MR) is 61.8 cm³/mol. The van der Waals surface area contributed by atoms with E-state index in [0.29, 0.717) is 27.7 Å². The summed E-state index contributed by atoms with van der Waals surface area (Å²) in [6.07, 6.45) is 0.729. The molecule has 0 bridgehead atoms. The lowest BCUT2D eigenvalue weighted by Gasteiger charge is -2.08. The number of aromatic amines is 1. The minimum Gasteiger partial charge on any atom is -0.494 e. The van der Waals surface area contributed by atoms with E-state index < -0.39 is 0 Å². The third-order valence-electron chi connectivity index (χ3n) is 2.36. The molecular weight excluding hydrogens is 230 g/mol. The molecule has 2 aromatic rings. The van der Waals surface area contributed by atoms with Crippen LogP contribution in [0.5, 0.6) is 11.5 Å². The van der Waals surface area contributed by atoms with Gasteiger partial charge in [-0.3, -0.25) is 4.79 Å².